The fourth-order valence-corrected chi connectivity index (χ4v) is 5.79. The summed E-state index contributed by atoms with van der Waals surface area (Å²) in [6, 6.07) is 7.70. The number of hydrogen-bond acceptors (Lipinski definition) is 6. The van der Waals surface area contributed by atoms with Gasteiger partial charge in [0.25, 0.3) is 11.5 Å². The Morgan fingerprint density at radius 3 is 2.68 bits per heavy atom. The molecule has 1 aliphatic heterocycles. The molecule has 1 aromatic carbocycles. The van der Waals surface area contributed by atoms with E-state index in [4.69, 9.17) is 4.74 Å². The molecule has 0 bridgehead atoms. The summed E-state index contributed by atoms with van der Waals surface area (Å²) in [6.07, 6.45) is 5.96. The van der Waals surface area contributed by atoms with Crippen molar-refractivity contribution >= 4 is 16.9 Å². The molecule has 194 valence electrons. The SMILES string of the molecule is C[C@@H]1CN(CCn2c(=O)c(C(=O)NC3CC4(CC4)C3)c(O)c3cc(-c4ccc(F)cc4)cnc32)CCO1. The van der Waals surface area contributed by atoms with E-state index in [0.29, 0.717) is 47.3 Å². The van der Waals surface area contributed by atoms with Crippen LogP contribution < -0.4 is 10.9 Å². The summed E-state index contributed by atoms with van der Waals surface area (Å²) in [6.45, 7) is 5.06. The normalized spacial score (nSPS) is 21.2. The van der Waals surface area contributed by atoms with Crippen molar-refractivity contribution in [3.63, 3.8) is 0 Å². The molecule has 0 radical (unpaired) electrons. The van der Waals surface area contributed by atoms with Crippen molar-refractivity contribution in [3.05, 3.63) is 58.3 Å². The minimum atomic E-state index is -0.550. The Hall–Kier alpha value is -3.30. The van der Waals surface area contributed by atoms with Crippen LogP contribution in [-0.4, -0.2) is 63.9 Å². The summed E-state index contributed by atoms with van der Waals surface area (Å²) in [5.41, 5.74) is 1.27. The Morgan fingerprint density at radius 2 is 1.97 bits per heavy atom. The average Bonchev–Trinajstić information content (AvgIpc) is 3.65. The van der Waals surface area contributed by atoms with Gasteiger partial charge in [-0.1, -0.05) is 12.1 Å². The topological polar surface area (TPSA) is 96.7 Å². The zero-order chi connectivity index (χ0) is 25.7. The van der Waals surface area contributed by atoms with E-state index in [1.54, 1.807) is 24.4 Å². The number of nitrogens with zero attached hydrogens (tertiary/aromatic N) is 3. The first-order valence-corrected chi connectivity index (χ1v) is 13.0. The van der Waals surface area contributed by atoms with Gasteiger partial charge in [-0.25, -0.2) is 9.37 Å². The van der Waals surface area contributed by atoms with E-state index in [9.17, 15) is 19.1 Å². The number of fused-ring (bicyclic) bond motifs is 1. The van der Waals surface area contributed by atoms with Crippen LogP contribution in [-0.2, 0) is 11.3 Å². The number of ether oxygens (including phenoxy) is 1. The molecule has 2 aliphatic carbocycles. The Bertz CT molecular complexity index is 1410. The maximum Gasteiger partial charge on any atom is 0.268 e. The maximum absolute atomic E-state index is 13.6. The largest absolute Gasteiger partial charge is 0.506 e. The molecular formula is C28H31FN4O4. The smallest absolute Gasteiger partial charge is 0.268 e. The van der Waals surface area contributed by atoms with Crippen LogP contribution in [0.25, 0.3) is 22.2 Å². The van der Waals surface area contributed by atoms with Crippen molar-refractivity contribution in [3.8, 4) is 16.9 Å². The molecule has 2 N–H and O–H groups in total. The highest BCUT2D eigenvalue weighted by atomic mass is 19.1. The minimum absolute atomic E-state index is 0.0245. The predicted octanol–water partition coefficient (Wildman–Crippen LogP) is 3.30. The van der Waals surface area contributed by atoms with E-state index in [1.807, 2.05) is 6.92 Å². The van der Waals surface area contributed by atoms with E-state index in [1.165, 1.54) is 29.5 Å². The highest BCUT2D eigenvalue weighted by Gasteiger charge is 2.53. The number of nitrogens with one attached hydrogen (secondary N) is 1. The number of carbonyl (C=O) groups excluding carboxylic acids is 1. The number of pyridine rings is 2. The molecule has 9 heteroatoms. The number of morpholine rings is 1. The molecular weight excluding hydrogens is 475 g/mol. The van der Waals surface area contributed by atoms with Crippen LogP contribution >= 0.6 is 0 Å². The van der Waals surface area contributed by atoms with Crippen molar-refractivity contribution < 1.29 is 19.0 Å². The molecule has 1 spiro atoms. The molecule has 3 aliphatic rings. The second-order valence-electron chi connectivity index (χ2n) is 10.8. The van der Waals surface area contributed by atoms with Crippen LogP contribution in [0.2, 0.25) is 0 Å². The zero-order valence-electron chi connectivity index (χ0n) is 20.9. The van der Waals surface area contributed by atoms with Gasteiger partial charge in [-0.15, -0.1) is 0 Å². The lowest BCUT2D eigenvalue weighted by molar-refractivity contribution is -0.0191. The third-order valence-corrected chi connectivity index (χ3v) is 8.09. The number of hydrogen-bond donors (Lipinski definition) is 2. The van der Waals surface area contributed by atoms with Gasteiger partial charge in [0, 0.05) is 44.0 Å². The van der Waals surface area contributed by atoms with Gasteiger partial charge in [0.05, 0.1) is 18.1 Å². The predicted molar refractivity (Wildman–Crippen MR) is 137 cm³/mol. The molecule has 0 unspecified atom stereocenters. The molecule has 1 amide bonds. The van der Waals surface area contributed by atoms with Gasteiger partial charge in [-0.05, 0) is 61.8 Å². The number of halogens is 1. The van der Waals surface area contributed by atoms with Gasteiger partial charge in [0.15, 0.2) is 0 Å². The van der Waals surface area contributed by atoms with E-state index in [2.05, 4.69) is 15.2 Å². The van der Waals surface area contributed by atoms with Crippen LogP contribution in [0.15, 0.2) is 41.3 Å². The minimum Gasteiger partial charge on any atom is -0.506 e. The summed E-state index contributed by atoms with van der Waals surface area (Å²) in [4.78, 5) is 33.7. The summed E-state index contributed by atoms with van der Waals surface area (Å²) in [5.74, 6) is -1.27. The molecule has 2 aromatic heterocycles. The van der Waals surface area contributed by atoms with Crippen molar-refractivity contribution in [2.75, 3.05) is 26.2 Å². The third kappa shape index (κ3) is 4.62. The number of rotatable bonds is 6. The van der Waals surface area contributed by atoms with Gasteiger partial charge in [-0.2, -0.15) is 0 Å². The first kappa shape index (κ1) is 24.1. The van der Waals surface area contributed by atoms with Gasteiger partial charge in [0.1, 0.15) is 22.8 Å². The quantitative estimate of drug-likeness (QED) is 0.533. The molecule has 2 saturated carbocycles. The first-order chi connectivity index (χ1) is 17.8. The van der Waals surface area contributed by atoms with Crippen LogP contribution in [0.1, 0.15) is 43.0 Å². The number of benzene rings is 1. The second kappa shape index (κ2) is 9.22. The maximum atomic E-state index is 13.6. The van der Waals surface area contributed by atoms with Crippen molar-refractivity contribution in [1.29, 1.82) is 0 Å². The van der Waals surface area contributed by atoms with Gasteiger partial charge in [0.2, 0.25) is 0 Å². The molecule has 6 rings (SSSR count). The summed E-state index contributed by atoms with van der Waals surface area (Å²) < 4.78 is 20.6. The number of amides is 1. The standard InChI is InChI=1S/C28H31FN4O4/c1-17-16-32(10-11-37-17)8-9-33-25-22(12-19(15-30-25)18-2-4-20(29)5-3-18)24(34)23(27(33)36)26(35)31-21-13-28(14-21)6-7-28/h2-5,12,15,17,21,34H,6-11,13-14,16H2,1H3,(H,31,35)/t17-/m1/s1. The third-order valence-electron chi connectivity index (χ3n) is 8.09. The molecule has 1 atom stereocenters. The van der Waals surface area contributed by atoms with Gasteiger partial charge >= 0.3 is 0 Å². The summed E-state index contributed by atoms with van der Waals surface area (Å²) in [7, 11) is 0. The van der Waals surface area contributed by atoms with Crippen LogP contribution in [0.5, 0.6) is 5.75 Å². The number of aromatic nitrogens is 2. The van der Waals surface area contributed by atoms with Crippen LogP contribution in [0.3, 0.4) is 0 Å². The van der Waals surface area contributed by atoms with Crippen LogP contribution in [0.4, 0.5) is 4.39 Å². The lowest BCUT2D eigenvalue weighted by atomic mass is 9.77. The second-order valence-corrected chi connectivity index (χ2v) is 10.8. The van der Waals surface area contributed by atoms with E-state index in [0.717, 1.165) is 25.9 Å². The lowest BCUT2D eigenvalue weighted by Gasteiger charge is -2.36. The van der Waals surface area contributed by atoms with E-state index >= 15 is 0 Å². The lowest BCUT2D eigenvalue weighted by Crippen LogP contribution is -2.47. The van der Waals surface area contributed by atoms with E-state index < -0.39 is 11.5 Å². The summed E-state index contributed by atoms with van der Waals surface area (Å²) in [5, 5.41) is 14.5. The number of carbonyl (C=O) groups is 1. The Balaban J connectivity index is 1.38. The van der Waals surface area contributed by atoms with E-state index in [-0.39, 0.29) is 29.3 Å². The Kier molecular flexibility index (Phi) is 6.00. The molecule has 8 nitrogen and oxygen atoms in total. The molecule has 1 saturated heterocycles. The Labute approximate surface area is 214 Å². The molecule has 3 aromatic rings. The van der Waals surface area contributed by atoms with Crippen LogP contribution in [0, 0.1) is 11.2 Å². The van der Waals surface area contributed by atoms with Gasteiger partial charge < -0.3 is 15.2 Å². The highest BCUT2D eigenvalue weighted by Crippen LogP contribution is 2.60. The molecule has 3 heterocycles. The first-order valence-electron chi connectivity index (χ1n) is 13.0. The van der Waals surface area contributed by atoms with Crippen molar-refractivity contribution in [1.82, 2.24) is 19.8 Å². The summed E-state index contributed by atoms with van der Waals surface area (Å²) >= 11 is 0. The monoisotopic (exact) mass is 506 g/mol. The fourth-order valence-electron chi connectivity index (χ4n) is 5.79. The zero-order valence-corrected chi connectivity index (χ0v) is 20.9. The molecule has 3 fully saturated rings. The van der Waals surface area contributed by atoms with Crippen molar-refractivity contribution in [2.45, 2.75) is 51.3 Å². The Morgan fingerprint density at radius 1 is 1.22 bits per heavy atom. The highest BCUT2D eigenvalue weighted by molar-refractivity contribution is 6.02. The van der Waals surface area contributed by atoms with Crippen molar-refractivity contribution in [2.24, 2.45) is 5.41 Å². The van der Waals surface area contributed by atoms with Gasteiger partial charge in [-0.3, -0.25) is 19.1 Å². The average molecular weight is 507 g/mol. The fraction of sp³-hybridized carbons (Fsp3) is 0.464. The number of aromatic hydroxyl groups is 1. The molecule has 37 heavy (non-hydrogen) atoms.